The van der Waals surface area contributed by atoms with Crippen molar-refractivity contribution >= 4 is 38.9 Å². The number of halogens is 2. The van der Waals surface area contributed by atoms with E-state index in [1.807, 2.05) is 0 Å². The van der Waals surface area contributed by atoms with Crippen LogP contribution in [0.3, 0.4) is 0 Å². The highest BCUT2D eigenvalue weighted by Gasteiger charge is 2.28. The SMILES string of the molecule is O=C(Nc1cccc(F)c1)c1ccc(Cl)c(N2CCCCS2(=O)=O)c1. The van der Waals surface area contributed by atoms with E-state index in [4.69, 9.17) is 11.6 Å². The third-order valence-corrected chi connectivity index (χ3v) is 6.08. The van der Waals surface area contributed by atoms with Gasteiger partial charge in [0.2, 0.25) is 10.0 Å². The molecule has 8 heteroatoms. The van der Waals surface area contributed by atoms with Gasteiger partial charge in [0.1, 0.15) is 5.82 Å². The topological polar surface area (TPSA) is 66.5 Å². The maximum absolute atomic E-state index is 13.2. The number of nitrogens with zero attached hydrogens (tertiary/aromatic N) is 1. The summed E-state index contributed by atoms with van der Waals surface area (Å²) in [6.45, 7) is 0.330. The lowest BCUT2D eigenvalue weighted by Gasteiger charge is -2.29. The molecule has 0 saturated carbocycles. The molecule has 0 spiro atoms. The van der Waals surface area contributed by atoms with Crippen molar-refractivity contribution in [1.82, 2.24) is 0 Å². The third kappa shape index (κ3) is 3.93. The average molecular weight is 383 g/mol. The van der Waals surface area contributed by atoms with Gasteiger partial charge in [-0.2, -0.15) is 0 Å². The van der Waals surface area contributed by atoms with Crippen LogP contribution in [0.5, 0.6) is 0 Å². The molecule has 0 bridgehead atoms. The second-order valence-electron chi connectivity index (χ2n) is 5.73. The second kappa shape index (κ2) is 7.01. The lowest BCUT2D eigenvalue weighted by Crippen LogP contribution is -2.38. The zero-order chi connectivity index (χ0) is 18.0. The van der Waals surface area contributed by atoms with Gasteiger partial charge in [0, 0.05) is 17.8 Å². The van der Waals surface area contributed by atoms with E-state index in [1.54, 1.807) is 6.07 Å². The number of hydrogen-bond acceptors (Lipinski definition) is 3. The number of rotatable bonds is 3. The Hall–Kier alpha value is -2.12. The van der Waals surface area contributed by atoms with E-state index in [0.717, 1.165) is 6.42 Å². The minimum absolute atomic E-state index is 0.0586. The molecular weight excluding hydrogens is 367 g/mol. The molecule has 5 nitrogen and oxygen atoms in total. The van der Waals surface area contributed by atoms with Crippen LogP contribution in [0.25, 0.3) is 0 Å². The highest BCUT2D eigenvalue weighted by molar-refractivity contribution is 7.92. The molecule has 0 aromatic heterocycles. The number of carbonyl (C=O) groups excluding carboxylic acids is 1. The van der Waals surface area contributed by atoms with Crippen molar-refractivity contribution in [3.63, 3.8) is 0 Å². The molecular formula is C17H16ClFN2O3S. The Kier molecular flexibility index (Phi) is 4.96. The molecule has 1 N–H and O–H groups in total. The molecule has 1 fully saturated rings. The number of amides is 1. The Morgan fingerprint density at radius 2 is 1.96 bits per heavy atom. The van der Waals surface area contributed by atoms with Gasteiger partial charge >= 0.3 is 0 Å². The molecule has 0 radical (unpaired) electrons. The number of sulfonamides is 1. The smallest absolute Gasteiger partial charge is 0.255 e. The van der Waals surface area contributed by atoms with E-state index < -0.39 is 21.7 Å². The lowest BCUT2D eigenvalue weighted by atomic mass is 10.1. The van der Waals surface area contributed by atoms with Crippen molar-refractivity contribution < 1.29 is 17.6 Å². The Labute approximate surface area is 150 Å². The fourth-order valence-electron chi connectivity index (χ4n) is 2.67. The van der Waals surface area contributed by atoms with E-state index >= 15 is 0 Å². The molecule has 1 aliphatic rings. The Bertz CT molecular complexity index is 918. The molecule has 3 rings (SSSR count). The maximum atomic E-state index is 13.2. The molecule has 25 heavy (non-hydrogen) atoms. The standard InChI is InChI=1S/C17H16ClFN2O3S/c18-15-7-6-12(17(22)20-14-5-3-4-13(19)11-14)10-16(15)21-8-1-2-9-25(21,23)24/h3-7,10-11H,1-2,8-9H2,(H,20,22). The minimum Gasteiger partial charge on any atom is -0.322 e. The maximum Gasteiger partial charge on any atom is 0.255 e. The van der Waals surface area contributed by atoms with Gasteiger partial charge in [0.25, 0.3) is 5.91 Å². The fraction of sp³-hybridized carbons (Fsp3) is 0.235. The first-order valence-electron chi connectivity index (χ1n) is 7.74. The molecule has 1 heterocycles. The van der Waals surface area contributed by atoms with Crippen molar-refractivity contribution in [1.29, 1.82) is 0 Å². The van der Waals surface area contributed by atoms with E-state index in [-0.39, 0.29) is 22.0 Å². The summed E-state index contributed by atoms with van der Waals surface area (Å²) in [5, 5.41) is 2.84. The normalized spacial score (nSPS) is 16.5. The molecule has 1 amide bonds. The van der Waals surface area contributed by atoms with Crippen LogP contribution >= 0.6 is 11.6 Å². The Morgan fingerprint density at radius 1 is 1.16 bits per heavy atom. The van der Waals surface area contributed by atoms with E-state index in [0.29, 0.717) is 18.7 Å². The highest BCUT2D eigenvalue weighted by atomic mass is 35.5. The van der Waals surface area contributed by atoms with Crippen molar-refractivity contribution in [2.24, 2.45) is 0 Å². The largest absolute Gasteiger partial charge is 0.322 e. The number of benzene rings is 2. The first-order valence-corrected chi connectivity index (χ1v) is 9.72. The predicted octanol–water partition coefficient (Wildman–Crippen LogP) is 3.66. The van der Waals surface area contributed by atoms with Gasteiger partial charge < -0.3 is 5.32 Å². The van der Waals surface area contributed by atoms with E-state index in [2.05, 4.69) is 5.32 Å². The summed E-state index contributed by atoms with van der Waals surface area (Å²) < 4.78 is 39.0. The summed E-state index contributed by atoms with van der Waals surface area (Å²) in [4.78, 5) is 12.4. The zero-order valence-corrected chi connectivity index (χ0v) is 14.8. The summed E-state index contributed by atoms with van der Waals surface area (Å²) in [6.07, 6.45) is 1.34. The van der Waals surface area contributed by atoms with Crippen LogP contribution in [0.1, 0.15) is 23.2 Å². The van der Waals surface area contributed by atoms with Crippen molar-refractivity contribution in [2.45, 2.75) is 12.8 Å². The molecule has 2 aromatic carbocycles. The molecule has 132 valence electrons. The van der Waals surface area contributed by atoms with Crippen LogP contribution in [-0.2, 0) is 10.0 Å². The third-order valence-electron chi connectivity index (χ3n) is 3.91. The lowest BCUT2D eigenvalue weighted by molar-refractivity contribution is 0.102. The van der Waals surface area contributed by atoms with E-state index in [9.17, 15) is 17.6 Å². The molecule has 1 saturated heterocycles. The first-order chi connectivity index (χ1) is 11.9. The van der Waals surface area contributed by atoms with Gasteiger partial charge in [-0.3, -0.25) is 9.10 Å². The van der Waals surface area contributed by atoms with Crippen molar-refractivity contribution in [2.75, 3.05) is 21.9 Å². The number of anilines is 2. The highest BCUT2D eigenvalue weighted by Crippen LogP contribution is 2.31. The summed E-state index contributed by atoms with van der Waals surface area (Å²) in [5.74, 6) is -0.879. The van der Waals surface area contributed by atoms with Gasteiger partial charge in [0.15, 0.2) is 0 Å². The molecule has 0 unspecified atom stereocenters. The summed E-state index contributed by atoms with van der Waals surface area (Å²) in [5.41, 5.74) is 0.838. The monoisotopic (exact) mass is 382 g/mol. The van der Waals surface area contributed by atoms with Gasteiger partial charge in [-0.15, -0.1) is 0 Å². The molecule has 1 aliphatic heterocycles. The van der Waals surface area contributed by atoms with Crippen LogP contribution in [0.2, 0.25) is 5.02 Å². The second-order valence-corrected chi connectivity index (χ2v) is 8.15. The minimum atomic E-state index is -3.44. The van der Waals surface area contributed by atoms with Gasteiger partial charge in [-0.25, -0.2) is 12.8 Å². The Morgan fingerprint density at radius 3 is 2.68 bits per heavy atom. The summed E-state index contributed by atoms with van der Waals surface area (Å²) >= 11 is 6.16. The fourth-order valence-corrected chi connectivity index (χ4v) is 4.59. The molecule has 0 atom stereocenters. The number of hydrogen-bond donors (Lipinski definition) is 1. The van der Waals surface area contributed by atoms with Gasteiger partial charge in [-0.1, -0.05) is 17.7 Å². The van der Waals surface area contributed by atoms with Gasteiger partial charge in [-0.05, 0) is 49.2 Å². The number of nitrogens with one attached hydrogen (secondary N) is 1. The zero-order valence-electron chi connectivity index (χ0n) is 13.2. The summed E-state index contributed by atoms with van der Waals surface area (Å²) in [6, 6.07) is 9.95. The van der Waals surface area contributed by atoms with Crippen molar-refractivity contribution in [3.8, 4) is 0 Å². The quantitative estimate of drug-likeness (QED) is 0.880. The van der Waals surface area contributed by atoms with Crippen molar-refractivity contribution in [3.05, 3.63) is 58.9 Å². The first kappa shape index (κ1) is 17.7. The van der Waals surface area contributed by atoms with Gasteiger partial charge in [0.05, 0.1) is 16.5 Å². The van der Waals surface area contributed by atoms with Crippen LogP contribution in [0.4, 0.5) is 15.8 Å². The van der Waals surface area contributed by atoms with Crippen LogP contribution < -0.4 is 9.62 Å². The Balaban J connectivity index is 1.89. The number of carbonyl (C=O) groups is 1. The summed E-state index contributed by atoms with van der Waals surface area (Å²) in [7, 11) is -3.44. The van der Waals surface area contributed by atoms with E-state index in [1.165, 1.54) is 40.7 Å². The van der Waals surface area contributed by atoms with Crippen LogP contribution in [0.15, 0.2) is 42.5 Å². The van der Waals surface area contributed by atoms with Crippen LogP contribution in [0, 0.1) is 5.82 Å². The van der Waals surface area contributed by atoms with Crippen LogP contribution in [-0.4, -0.2) is 26.6 Å². The molecule has 2 aromatic rings. The molecule has 0 aliphatic carbocycles. The predicted molar refractivity (Wildman–Crippen MR) is 96.2 cm³/mol. The average Bonchev–Trinajstić information content (AvgIpc) is 2.55.